The molecular weight excluding hydrogens is 525 g/mol. The molecule has 4 N–H and O–H groups in total. The van der Waals surface area contributed by atoms with E-state index in [0.717, 1.165) is 35.5 Å². The Kier molecular flexibility index (Phi) is 6.39. The molecule has 0 radical (unpaired) electrons. The molecule has 0 aromatic heterocycles. The SMILES string of the molecule is CC1(C)C(CC(=O)NC(=S)NC23CC4CC(CC(C4)C2)C3)CC1C(=O)NC(=S)NC12CC3CC(CC(C3)C1)C2. The van der Waals surface area contributed by atoms with E-state index in [-0.39, 0.29) is 40.1 Å². The monoisotopic (exact) mass is 570 g/mol. The van der Waals surface area contributed by atoms with Gasteiger partial charge in [0.1, 0.15) is 0 Å². The van der Waals surface area contributed by atoms with Gasteiger partial charge in [-0.1, -0.05) is 13.8 Å². The summed E-state index contributed by atoms with van der Waals surface area (Å²) in [5.41, 5.74) is -0.0646. The zero-order chi connectivity index (χ0) is 27.2. The molecule has 6 nitrogen and oxygen atoms in total. The minimum absolute atomic E-state index is 0.00195. The summed E-state index contributed by atoms with van der Waals surface area (Å²) >= 11 is 11.3. The zero-order valence-electron chi connectivity index (χ0n) is 23.7. The Bertz CT molecular complexity index is 1020. The van der Waals surface area contributed by atoms with E-state index >= 15 is 0 Å². The molecule has 0 heterocycles. The van der Waals surface area contributed by atoms with Crippen molar-refractivity contribution in [2.45, 2.75) is 115 Å². The average molecular weight is 571 g/mol. The molecule has 2 unspecified atom stereocenters. The highest BCUT2D eigenvalue weighted by Gasteiger charge is 2.54. The van der Waals surface area contributed by atoms with Gasteiger partial charge in [0.05, 0.1) is 0 Å². The minimum atomic E-state index is -0.257. The van der Waals surface area contributed by atoms with E-state index in [0.29, 0.717) is 23.1 Å². The van der Waals surface area contributed by atoms with E-state index in [1.54, 1.807) is 0 Å². The highest BCUT2D eigenvalue weighted by Crippen LogP contribution is 2.57. The molecule has 9 saturated carbocycles. The van der Waals surface area contributed by atoms with Crippen molar-refractivity contribution in [1.82, 2.24) is 21.3 Å². The van der Waals surface area contributed by atoms with Gasteiger partial charge >= 0.3 is 0 Å². The molecule has 9 aliphatic carbocycles. The summed E-state index contributed by atoms with van der Waals surface area (Å²) in [6.45, 7) is 4.22. The van der Waals surface area contributed by atoms with Crippen LogP contribution in [-0.2, 0) is 9.59 Å². The maximum Gasteiger partial charge on any atom is 0.229 e. The topological polar surface area (TPSA) is 82.3 Å². The van der Waals surface area contributed by atoms with Crippen LogP contribution >= 0.6 is 24.4 Å². The lowest BCUT2D eigenvalue weighted by atomic mass is 9.53. The third kappa shape index (κ3) is 4.93. The van der Waals surface area contributed by atoms with E-state index in [4.69, 9.17) is 24.4 Å². The van der Waals surface area contributed by atoms with Gasteiger partial charge in [-0.15, -0.1) is 0 Å². The van der Waals surface area contributed by atoms with Gasteiger partial charge in [-0.3, -0.25) is 9.59 Å². The van der Waals surface area contributed by atoms with Crippen LogP contribution in [0.5, 0.6) is 0 Å². The van der Waals surface area contributed by atoms with Gasteiger partial charge in [0.15, 0.2) is 10.2 Å². The summed E-state index contributed by atoms with van der Waals surface area (Å²) in [4.78, 5) is 26.2. The fraction of sp³-hybridized carbons (Fsp3) is 0.871. The standard InChI is InChI=1S/C31H46N4O2S2/c1-29(2)23(10-25(36)32-27(38)34-30-11-17-3-18(12-30)5-19(4-17)13-30)9-24(29)26(37)33-28(39)35-31-14-20-6-21(15-31)8-22(7-20)16-31/h17-24H,3-16H2,1-2H3,(H2,32,34,36,38)(H2,33,35,37,39). The van der Waals surface area contributed by atoms with Crippen LogP contribution in [0.1, 0.15) is 104 Å². The van der Waals surface area contributed by atoms with Gasteiger partial charge in [-0.2, -0.15) is 0 Å². The number of hydrogen-bond donors (Lipinski definition) is 4. The summed E-state index contributed by atoms with van der Waals surface area (Å²) < 4.78 is 0. The first-order valence-corrected chi connectivity index (χ1v) is 16.5. The summed E-state index contributed by atoms with van der Waals surface area (Å²) in [5.74, 6) is 4.96. The Morgan fingerprint density at radius 2 is 1.03 bits per heavy atom. The van der Waals surface area contributed by atoms with E-state index in [9.17, 15) is 9.59 Å². The van der Waals surface area contributed by atoms with Crippen LogP contribution < -0.4 is 21.3 Å². The van der Waals surface area contributed by atoms with Crippen LogP contribution in [0.3, 0.4) is 0 Å². The summed E-state index contributed by atoms with van der Waals surface area (Å²) in [7, 11) is 0. The lowest BCUT2D eigenvalue weighted by Gasteiger charge is -2.57. The molecule has 9 fully saturated rings. The van der Waals surface area contributed by atoms with E-state index in [1.165, 1.54) is 77.0 Å². The summed E-state index contributed by atoms with van der Waals surface area (Å²) in [6.07, 6.45) is 16.6. The summed E-state index contributed by atoms with van der Waals surface area (Å²) in [5, 5.41) is 14.2. The predicted molar refractivity (Wildman–Crippen MR) is 160 cm³/mol. The fourth-order valence-electron chi connectivity index (χ4n) is 11.5. The zero-order valence-corrected chi connectivity index (χ0v) is 25.3. The smallest absolute Gasteiger partial charge is 0.229 e. The van der Waals surface area contributed by atoms with Crippen molar-refractivity contribution in [3.05, 3.63) is 0 Å². The van der Waals surface area contributed by atoms with E-state index in [2.05, 4.69) is 35.1 Å². The van der Waals surface area contributed by atoms with Crippen molar-refractivity contribution in [1.29, 1.82) is 0 Å². The molecule has 8 heteroatoms. The van der Waals surface area contributed by atoms with Gasteiger partial charge in [0.25, 0.3) is 0 Å². The number of rotatable bonds is 5. The number of carbonyl (C=O) groups excluding carboxylic acids is 2. The maximum atomic E-state index is 13.2. The molecule has 2 atom stereocenters. The Hall–Kier alpha value is -1.28. The maximum absolute atomic E-state index is 13.2. The molecule has 0 aromatic carbocycles. The molecule has 214 valence electrons. The second-order valence-electron chi connectivity index (χ2n) is 15.9. The lowest BCUT2D eigenvalue weighted by Crippen LogP contribution is -2.63. The molecule has 39 heavy (non-hydrogen) atoms. The Labute approximate surface area is 244 Å². The predicted octanol–water partition coefficient (Wildman–Crippen LogP) is 4.96. The summed E-state index contributed by atoms with van der Waals surface area (Å²) in [6, 6.07) is 0. The normalized spacial score (nSPS) is 45.8. The lowest BCUT2D eigenvalue weighted by molar-refractivity contribution is -0.143. The largest absolute Gasteiger partial charge is 0.357 e. The van der Waals surface area contributed by atoms with Gasteiger partial charge in [-0.25, -0.2) is 0 Å². The van der Waals surface area contributed by atoms with Crippen molar-refractivity contribution in [2.24, 2.45) is 52.8 Å². The number of nitrogens with one attached hydrogen (secondary N) is 4. The molecule has 9 rings (SSSR count). The fourth-order valence-corrected chi connectivity index (χ4v) is 12.1. The molecule has 9 aliphatic rings. The third-order valence-electron chi connectivity index (χ3n) is 12.5. The van der Waals surface area contributed by atoms with E-state index in [1.807, 2.05) is 0 Å². The first-order valence-electron chi connectivity index (χ1n) is 15.7. The van der Waals surface area contributed by atoms with Crippen molar-refractivity contribution >= 4 is 46.5 Å². The number of amides is 2. The van der Waals surface area contributed by atoms with Gasteiger partial charge in [0.2, 0.25) is 11.8 Å². The van der Waals surface area contributed by atoms with Crippen molar-refractivity contribution < 1.29 is 9.59 Å². The van der Waals surface area contributed by atoms with Crippen LogP contribution in [0.2, 0.25) is 0 Å². The molecular formula is C31H46N4O2S2. The van der Waals surface area contributed by atoms with Gasteiger partial charge < -0.3 is 21.3 Å². The van der Waals surface area contributed by atoms with E-state index < -0.39 is 0 Å². The molecule has 0 spiro atoms. The second kappa shape index (κ2) is 9.37. The van der Waals surface area contributed by atoms with Gasteiger partial charge in [-0.05, 0) is 155 Å². The van der Waals surface area contributed by atoms with Crippen molar-refractivity contribution in [3.8, 4) is 0 Å². The molecule has 0 saturated heterocycles. The first-order chi connectivity index (χ1) is 18.5. The highest BCUT2D eigenvalue weighted by atomic mass is 32.1. The average Bonchev–Trinajstić information content (AvgIpc) is 2.78. The minimum Gasteiger partial charge on any atom is -0.357 e. The van der Waals surface area contributed by atoms with Crippen molar-refractivity contribution in [3.63, 3.8) is 0 Å². The Morgan fingerprint density at radius 1 is 0.641 bits per heavy atom. The van der Waals surface area contributed by atoms with Gasteiger partial charge in [0, 0.05) is 23.4 Å². The molecule has 0 aliphatic heterocycles. The first kappa shape index (κ1) is 26.6. The van der Waals surface area contributed by atoms with Crippen LogP contribution in [-0.4, -0.2) is 33.1 Å². The highest BCUT2D eigenvalue weighted by molar-refractivity contribution is 7.80. The molecule has 2 amide bonds. The number of carbonyl (C=O) groups is 2. The van der Waals surface area contributed by atoms with Crippen LogP contribution in [0.25, 0.3) is 0 Å². The Morgan fingerprint density at radius 3 is 1.41 bits per heavy atom. The third-order valence-corrected chi connectivity index (χ3v) is 13.0. The van der Waals surface area contributed by atoms with Crippen LogP contribution in [0, 0.1) is 52.8 Å². The number of hydrogen-bond acceptors (Lipinski definition) is 4. The second-order valence-corrected chi connectivity index (χ2v) is 16.7. The van der Waals surface area contributed by atoms with Crippen LogP contribution in [0.15, 0.2) is 0 Å². The quantitative estimate of drug-likeness (QED) is 0.350. The Balaban J connectivity index is 0.877. The number of thiocarbonyl (C=S) groups is 2. The molecule has 0 aromatic rings. The molecule has 8 bridgehead atoms. The van der Waals surface area contributed by atoms with Crippen LogP contribution in [0.4, 0.5) is 0 Å². The van der Waals surface area contributed by atoms with Crippen molar-refractivity contribution in [2.75, 3.05) is 0 Å².